The van der Waals surface area contributed by atoms with E-state index in [0.717, 1.165) is 44.1 Å². The van der Waals surface area contributed by atoms with E-state index in [-0.39, 0.29) is 0 Å². The summed E-state index contributed by atoms with van der Waals surface area (Å²) in [6.45, 7) is 5.82. The van der Waals surface area contributed by atoms with Crippen molar-refractivity contribution in [2.24, 2.45) is 0 Å². The third-order valence-electron chi connectivity index (χ3n) is 3.74. The summed E-state index contributed by atoms with van der Waals surface area (Å²) in [7, 11) is 0. The van der Waals surface area contributed by atoms with Crippen LogP contribution in [-0.4, -0.2) is 40.9 Å². The molecule has 26 heavy (non-hydrogen) atoms. The van der Waals surface area contributed by atoms with E-state index in [1.54, 1.807) is 0 Å². The predicted octanol–water partition coefficient (Wildman–Crippen LogP) is 0.731. The maximum atomic E-state index is 10.5. The summed E-state index contributed by atoms with van der Waals surface area (Å²) in [5, 5.41) is 28.9. The molecule has 0 amide bonds. The molecule has 3 rings (SSSR count). The van der Waals surface area contributed by atoms with E-state index in [2.05, 4.69) is 40.2 Å². The Bertz CT molecular complexity index is 693. The largest absolute Gasteiger partial charge is 0.365 e. The predicted molar refractivity (Wildman–Crippen MR) is 95.8 cm³/mol. The van der Waals surface area contributed by atoms with E-state index in [0.29, 0.717) is 18.2 Å². The van der Waals surface area contributed by atoms with Gasteiger partial charge >= 0.3 is 0 Å². The van der Waals surface area contributed by atoms with Gasteiger partial charge in [0.25, 0.3) is 12.4 Å². The van der Waals surface area contributed by atoms with Crippen molar-refractivity contribution in [3.63, 3.8) is 0 Å². The molecule has 2 fully saturated rings. The van der Waals surface area contributed by atoms with Crippen LogP contribution in [0.2, 0.25) is 0 Å². The molecule has 10 nitrogen and oxygen atoms in total. The quantitative estimate of drug-likeness (QED) is 0.529. The first-order valence-corrected chi connectivity index (χ1v) is 8.17. The van der Waals surface area contributed by atoms with E-state index in [1.165, 1.54) is 5.56 Å². The van der Waals surface area contributed by atoms with Crippen molar-refractivity contribution in [3.05, 3.63) is 79.7 Å². The summed E-state index contributed by atoms with van der Waals surface area (Å²) in [6.07, 6.45) is 1.95. The van der Waals surface area contributed by atoms with Gasteiger partial charge in [-0.05, 0) is 12.5 Å². The monoisotopic (exact) mass is 362 g/mol. The van der Waals surface area contributed by atoms with Gasteiger partial charge < -0.3 is 20.9 Å². The van der Waals surface area contributed by atoms with Crippen LogP contribution in [-0.2, 0) is 6.54 Å². The second kappa shape index (κ2) is 9.25. The summed E-state index contributed by atoms with van der Waals surface area (Å²) in [5.41, 5.74) is 2.38. The van der Waals surface area contributed by atoms with Crippen molar-refractivity contribution in [1.29, 1.82) is 0 Å². The minimum Gasteiger partial charge on any atom is -0.365 e. The molecule has 1 aromatic carbocycles. The summed E-state index contributed by atoms with van der Waals surface area (Å²) >= 11 is 0. The Balaban J connectivity index is 0.000000228. The van der Waals surface area contributed by atoms with E-state index in [1.807, 2.05) is 11.8 Å². The van der Waals surface area contributed by atoms with Gasteiger partial charge in [0.15, 0.2) is 11.6 Å². The standard InChI is InChI=1S/C12H15N3O2.C4H7N3O2/c1-10-2-4-11(5-3-10)8-14-7-6-13-12(14)9-15(16)17;8-7(9)3-4-5-1-2-6-4/h2-5,9,13H,6-8H2,1H3;3,5-6H,1-2H2. The first-order chi connectivity index (χ1) is 12.4. The normalized spacial score (nSPS) is 16.9. The third kappa shape index (κ3) is 6.30. The van der Waals surface area contributed by atoms with Crippen LogP contribution in [0.4, 0.5) is 0 Å². The highest BCUT2D eigenvalue weighted by atomic mass is 16.6. The maximum absolute atomic E-state index is 10.5. The molecule has 2 saturated heterocycles. The Morgan fingerprint density at radius 2 is 1.62 bits per heavy atom. The number of nitrogens with one attached hydrogen (secondary N) is 3. The Morgan fingerprint density at radius 3 is 2.19 bits per heavy atom. The lowest BCUT2D eigenvalue weighted by molar-refractivity contribution is -0.404. The lowest BCUT2D eigenvalue weighted by Gasteiger charge is -2.17. The minimum absolute atomic E-state index is 0.421. The Kier molecular flexibility index (Phi) is 6.77. The fraction of sp³-hybridized carbons (Fsp3) is 0.375. The van der Waals surface area contributed by atoms with Crippen molar-refractivity contribution in [3.8, 4) is 0 Å². The van der Waals surface area contributed by atoms with E-state index >= 15 is 0 Å². The number of nitro groups is 2. The fourth-order valence-electron chi connectivity index (χ4n) is 2.51. The molecule has 2 heterocycles. The molecule has 1 aromatic rings. The molecule has 0 spiro atoms. The number of nitrogens with zero attached hydrogens (tertiary/aromatic N) is 3. The molecule has 0 saturated carbocycles. The average Bonchev–Trinajstić information content (AvgIpc) is 3.22. The number of hydrogen-bond donors (Lipinski definition) is 3. The highest BCUT2D eigenvalue weighted by molar-refractivity contribution is 5.22. The Morgan fingerprint density at radius 1 is 1.00 bits per heavy atom. The van der Waals surface area contributed by atoms with Gasteiger partial charge in [-0.15, -0.1) is 0 Å². The second-order valence-corrected chi connectivity index (χ2v) is 5.82. The highest BCUT2D eigenvalue weighted by Crippen LogP contribution is 2.13. The third-order valence-corrected chi connectivity index (χ3v) is 3.74. The molecular formula is C16H22N6O4. The van der Waals surface area contributed by atoms with Crippen molar-refractivity contribution < 1.29 is 9.85 Å². The maximum Gasteiger partial charge on any atom is 0.274 e. The molecule has 140 valence electrons. The van der Waals surface area contributed by atoms with E-state index in [9.17, 15) is 20.2 Å². The van der Waals surface area contributed by atoms with Gasteiger partial charge in [-0.25, -0.2) is 0 Å². The molecule has 10 heteroatoms. The summed E-state index contributed by atoms with van der Waals surface area (Å²) in [6, 6.07) is 8.21. The Hall–Kier alpha value is -3.30. The van der Waals surface area contributed by atoms with Crippen LogP contribution in [0.5, 0.6) is 0 Å². The molecular weight excluding hydrogens is 340 g/mol. The van der Waals surface area contributed by atoms with Crippen LogP contribution >= 0.6 is 0 Å². The molecule has 3 N–H and O–H groups in total. The number of hydrogen-bond acceptors (Lipinski definition) is 8. The first-order valence-electron chi connectivity index (χ1n) is 8.17. The number of rotatable bonds is 4. The Labute approximate surface area is 150 Å². The molecule has 0 bridgehead atoms. The van der Waals surface area contributed by atoms with Gasteiger partial charge in [0.2, 0.25) is 0 Å². The molecule has 2 aliphatic rings. The molecule has 2 aliphatic heterocycles. The van der Waals surface area contributed by atoms with Crippen molar-refractivity contribution in [2.75, 3.05) is 26.2 Å². The second-order valence-electron chi connectivity index (χ2n) is 5.82. The van der Waals surface area contributed by atoms with Crippen LogP contribution in [0.15, 0.2) is 48.3 Å². The zero-order chi connectivity index (χ0) is 18.9. The van der Waals surface area contributed by atoms with Gasteiger partial charge in [0.1, 0.15) is 0 Å². The van der Waals surface area contributed by atoms with Crippen LogP contribution in [0.25, 0.3) is 0 Å². The van der Waals surface area contributed by atoms with E-state index in [4.69, 9.17) is 0 Å². The van der Waals surface area contributed by atoms with Crippen molar-refractivity contribution >= 4 is 0 Å². The van der Waals surface area contributed by atoms with Crippen molar-refractivity contribution in [2.45, 2.75) is 13.5 Å². The van der Waals surface area contributed by atoms with Gasteiger partial charge in [0.05, 0.1) is 9.85 Å². The van der Waals surface area contributed by atoms with Gasteiger partial charge in [-0.3, -0.25) is 20.2 Å². The SMILES string of the molecule is Cc1ccc(CN2CCNC2=C[N+](=O)[O-])cc1.O=[N+]([O-])C=C1NCCN1. The molecule has 0 unspecified atom stereocenters. The smallest absolute Gasteiger partial charge is 0.274 e. The molecule has 0 atom stereocenters. The molecule has 0 aromatic heterocycles. The lowest BCUT2D eigenvalue weighted by atomic mass is 10.1. The average molecular weight is 362 g/mol. The topological polar surface area (TPSA) is 126 Å². The number of benzene rings is 1. The summed E-state index contributed by atoms with van der Waals surface area (Å²) < 4.78 is 0. The number of aryl methyl sites for hydroxylation is 1. The first kappa shape index (κ1) is 19.0. The van der Waals surface area contributed by atoms with E-state index < -0.39 is 9.85 Å². The fourth-order valence-corrected chi connectivity index (χ4v) is 2.51. The zero-order valence-electron chi connectivity index (χ0n) is 14.5. The summed E-state index contributed by atoms with van der Waals surface area (Å²) in [4.78, 5) is 21.3. The van der Waals surface area contributed by atoms with Crippen LogP contribution in [0, 0.1) is 27.2 Å². The van der Waals surface area contributed by atoms with Gasteiger partial charge in [0, 0.05) is 32.7 Å². The van der Waals surface area contributed by atoms with Gasteiger partial charge in [-0.1, -0.05) is 29.8 Å². The van der Waals surface area contributed by atoms with Gasteiger partial charge in [-0.2, -0.15) is 0 Å². The van der Waals surface area contributed by atoms with Crippen LogP contribution in [0.1, 0.15) is 11.1 Å². The van der Waals surface area contributed by atoms with Crippen LogP contribution < -0.4 is 16.0 Å². The molecule has 0 aliphatic carbocycles. The van der Waals surface area contributed by atoms with Crippen molar-refractivity contribution in [1.82, 2.24) is 20.9 Å². The summed E-state index contributed by atoms with van der Waals surface area (Å²) in [5.74, 6) is 1.09. The zero-order valence-corrected chi connectivity index (χ0v) is 14.5. The highest BCUT2D eigenvalue weighted by Gasteiger charge is 2.19. The lowest BCUT2D eigenvalue weighted by Crippen LogP contribution is -2.20. The minimum atomic E-state index is -0.485. The molecule has 0 radical (unpaired) electrons. The van der Waals surface area contributed by atoms with Crippen LogP contribution in [0.3, 0.4) is 0 Å².